The second-order valence-corrected chi connectivity index (χ2v) is 4.97. The van der Waals surface area contributed by atoms with E-state index in [0.717, 1.165) is 16.9 Å². The van der Waals surface area contributed by atoms with Gasteiger partial charge in [-0.05, 0) is 31.5 Å². The molecular formula is C14H16N2O2S. The van der Waals surface area contributed by atoms with Gasteiger partial charge in [0, 0.05) is 11.1 Å². The van der Waals surface area contributed by atoms with Crippen molar-refractivity contribution in [2.75, 3.05) is 12.4 Å². The van der Waals surface area contributed by atoms with E-state index in [-0.39, 0.29) is 12.0 Å². The van der Waals surface area contributed by atoms with Crippen molar-refractivity contribution in [1.29, 1.82) is 0 Å². The second-order valence-electron chi connectivity index (χ2n) is 4.25. The van der Waals surface area contributed by atoms with Gasteiger partial charge >= 0.3 is 5.97 Å². The average Bonchev–Trinajstić information content (AvgIpc) is 2.94. The monoisotopic (exact) mass is 276 g/mol. The van der Waals surface area contributed by atoms with Crippen molar-refractivity contribution < 1.29 is 9.53 Å². The number of esters is 1. The molecule has 2 rings (SSSR count). The van der Waals surface area contributed by atoms with Gasteiger partial charge in [-0.25, -0.2) is 9.78 Å². The molecule has 0 radical (unpaired) electrons. The van der Waals surface area contributed by atoms with Gasteiger partial charge in [0.2, 0.25) is 0 Å². The van der Waals surface area contributed by atoms with Gasteiger partial charge in [-0.3, -0.25) is 0 Å². The maximum absolute atomic E-state index is 11.6. The molecule has 0 amide bonds. The number of methoxy groups -OCH3 is 1. The molecule has 1 aromatic carbocycles. The Hall–Kier alpha value is -1.88. The minimum absolute atomic E-state index is 0.0952. The van der Waals surface area contributed by atoms with Crippen LogP contribution >= 0.6 is 11.3 Å². The molecule has 0 aliphatic carbocycles. The van der Waals surface area contributed by atoms with Crippen LogP contribution in [0.15, 0.2) is 29.1 Å². The molecule has 100 valence electrons. The number of rotatable bonds is 4. The zero-order valence-electron chi connectivity index (χ0n) is 11.1. The minimum Gasteiger partial charge on any atom is -0.465 e. The average molecular weight is 276 g/mol. The topological polar surface area (TPSA) is 51.2 Å². The third-order valence-corrected chi connectivity index (χ3v) is 3.61. The molecule has 0 aliphatic heterocycles. The quantitative estimate of drug-likeness (QED) is 0.869. The van der Waals surface area contributed by atoms with E-state index in [1.807, 2.05) is 36.9 Å². The molecule has 2 aromatic rings. The van der Waals surface area contributed by atoms with Crippen LogP contribution in [-0.2, 0) is 4.74 Å². The molecule has 0 saturated carbocycles. The van der Waals surface area contributed by atoms with Gasteiger partial charge in [-0.1, -0.05) is 6.07 Å². The molecular weight excluding hydrogens is 260 g/mol. The van der Waals surface area contributed by atoms with Crippen molar-refractivity contribution in [3.8, 4) is 0 Å². The molecule has 0 saturated heterocycles. The smallest absolute Gasteiger partial charge is 0.338 e. The van der Waals surface area contributed by atoms with Crippen LogP contribution in [0.4, 0.5) is 5.69 Å². The number of carbonyl (C=O) groups excluding carboxylic acids is 1. The Morgan fingerprint density at radius 1 is 1.47 bits per heavy atom. The van der Waals surface area contributed by atoms with E-state index in [1.165, 1.54) is 7.11 Å². The van der Waals surface area contributed by atoms with E-state index >= 15 is 0 Å². The highest BCUT2D eigenvalue weighted by atomic mass is 32.1. The molecule has 0 spiro atoms. The number of benzene rings is 1. The summed E-state index contributed by atoms with van der Waals surface area (Å²) in [5, 5.41) is 5.38. The Morgan fingerprint density at radius 3 is 2.89 bits per heavy atom. The lowest BCUT2D eigenvalue weighted by atomic mass is 10.1. The molecule has 1 N–H and O–H groups in total. The lowest BCUT2D eigenvalue weighted by molar-refractivity contribution is 0.0600. The molecule has 1 heterocycles. The normalized spacial score (nSPS) is 11.9. The lowest BCUT2D eigenvalue weighted by Crippen LogP contribution is -2.10. The molecule has 19 heavy (non-hydrogen) atoms. The van der Waals surface area contributed by atoms with Gasteiger partial charge in [-0.15, -0.1) is 11.3 Å². The molecule has 0 aliphatic rings. The highest BCUT2D eigenvalue weighted by molar-refractivity contribution is 7.07. The van der Waals surface area contributed by atoms with Crippen molar-refractivity contribution in [3.63, 3.8) is 0 Å². The number of hydrogen-bond acceptors (Lipinski definition) is 5. The van der Waals surface area contributed by atoms with Crippen LogP contribution in [-0.4, -0.2) is 18.1 Å². The van der Waals surface area contributed by atoms with Crippen LogP contribution in [0.1, 0.15) is 34.6 Å². The zero-order chi connectivity index (χ0) is 13.8. The summed E-state index contributed by atoms with van der Waals surface area (Å²) >= 11 is 1.57. The minimum atomic E-state index is -0.317. The summed E-state index contributed by atoms with van der Waals surface area (Å²) in [7, 11) is 1.39. The molecule has 1 aromatic heterocycles. The van der Waals surface area contributed by atoms with Crippen LogP contribution < -0.4 is 5.32 Å². The van der Waals surface area contributed by atoms with Crippen molar-refractivity contribution in [2.24, 2.45) is 0 Å². The van der Waals surface area contributed by atoms with Crippen molar-refractivity contribution in [1.82, 2.24) is 4.98 Å². The van der Waals surface area contributed by atoms with E-state index in [2.05, 4.69) is 10.3 Å². The Kier molecular flexibility index (Phi) is 4.16. The van der Waals surface area contributed by atoms with E-state index in [9.17, 15) is 4.79 Å². The fourth-order valence-corrected chi connectivity index (χ4v) is 2.51. The van der Waals surface area contributed by atoms with Crippen LogP contribution in [0.2, 0.25) is 0 Å². The van der Waals surface area contributed by atoms with E-state index < -0.39 is 0 Å². The van der Waals surface area contributed by atoms with Crippen molar-refractivity contribution >= 4 is 23.0 Å². The van der Waals surface area contributed by atoms with Crippen LogP contribution in [0.3, 0.4) is 0 Å². The molecule has 1 atom stereocenters. The number of anilines is 1. The van der Waals surface area contributed by atoms with Gasteiger partial charge in [0.05, 0.1) is 29.9 Å². The van der Waals surface area contributed by atoms with Gasteiger partial charge in [-0.2, -0.15) is 0 Å². The molecule has 4 nitrogen and oxygen atoms in total. The molecule has 5 heteroatoms. The number of nitrogens with zero attached hydrogens (tertiary/aromatic N) is 1. The number of ether oxygens (including phenoxy) is 1. The van der Waals surface area contributed by atoms with Gasteiger partial charge in [0.25, 0.3) is 0 Å². The summed E-state index contributed by atoms with van der Waals surface area (Å²) in [6.45, 7) is 3.95. The summed E-state index contributed by atoms with van der Waals surface area (Å²) in [4.78, 5) is 15.9. The Labute approximate surface area is 116 Å². The predicted octanol–water partition coefficient (Wildman–Crippen LogP) is 3.41. The SMILES string of the molecule is COC(=O)c1cccc(NC(C)c2cscn2)c1C. The van der Waals surface area contributed by atoms with Crippen LogP contribution in [0.25, 0.3) is 0 Å². The third kappa shape index (κ3) is 2.93. The Balaban J connectivity index is 2.24. The molecule has 0 fully saturated rings. The lowest BCUT2D eigenvalue weighted by Gasteiger charge is -2.16. The van der Waals surface area contributed by atoms with Gasteiger partial charge < -0.3 is 10.1 Å². The Bertz CT molecular complexity index is 567. The second kappa shape index (κ2) is 5.84. The summed E-state index contributed by atoms with van der Waals surface area (Å²) in [5.74, 6) is -0.317. The summed E-state index contributed by atoms with van der Waals surface area (Å²) in [6.07, 6.45) is 0. The standard InChI is InChI=1S/C14H16N2O2S/c1-9-11(14(17)18-3)5-4-6-12(9)16-10(2)13-7-19-8-15-13/h4-8,10,16H,1-3H3. The highest BCUT2D eigenvalue weighted by Gasteiger charge is 2.14. The summed E-state index contributed by atoms with van der Waals surface area (Å²) in [5.41, 5.74) is 5.19. The Morgan fingerprint density at radius 2 is 2.26 bits per heavy atom. The van der Waals surface area contributed by atoms with Crippen LogP contribution in [0, 0.1) is 6.92 Å². The first-order valence-electron chi connectivity index (χ1n) is 5.96. The van der Waals surface area contributed by atoms with E-state index in [0.29, 0.717) is 5.56 Å². The third-order valence-electron chi connectivity index (χ3n) is 3.01. The maximum atomic E-state index is 11.6. The number of nitrogens with one attached hydrogen (secondary N) is 1. The van der Waals surface area contributed by atoms with E-state index in [1.54, 1.807) is 17.4 Å². The first-order chi connectivity index (χ1) is 9.13. The molecule has 1 unspecified atom stereocenters. The highest BCUT2D eigenvalue weighted by Crippen LogP contribution is 2.24. The fraction of sp³-hybridized carbons (Fsp3) is 0.286. The fourth-order valence-electron chi connectivity index (χ4n) is 1.87. The summed E-state index contributed by atoms with van der Waals surface area (Å²) in [6, 6.07) is 5.65. The predicted molar refractivity (Wildman–Crippen MR) is 76.7 cm³/mol. The number of carbonyl (C=O) groups is 1. The zero-order valence-corrected chi connectivity index (χ0v) is 12.0. The van der Waals surface area contributed by atoms with Crippen molar-refractivity contribution in [2.45, 2.75) is 19.9 Å². The van der Waals surface area contributed by atoms with Gasteiger partial charge in [0.15, 0.2) is 0 Å². The van der Waals surface area contributed by atoms with Gasteiger partial charge in [0.1, 0.15) is 0 Å². The number of thiazole rings is 1. The first-order valence-corrected chi connectivity index (χ1v) is 6.90. The van der Waals surface area contributed by atoms with Crippen LogP contribution in [0.5, 0.6) is 0 Å². The summed E-state index contributed by atoms with van der Waals surface area (Å²) < 4.78 is 4.77. The number of aromatic nitrogens is 1. The largest absolute Gasteiger partial charge is 0.465 e. The first kappa shape index (κ1) is 13.5. The maximum Gasteiger partial charge on any atom is 0.338 e. The number of hydrogen-bond donors (Lipinski definition) is 1. The molecule has 0 bridgehead atoms. The van der Waals surface area contributed by atoms with Crippen molar-refractivity contribution in [3.05, 3.63) is 45.9 Å². The van der Waals surface area contributed by atoms with E-state index in [4.69, 9.17) is 4.74 Å².